The van der Waals surface area contributed by atoms with Crippen LogP contribution in [0.3, 0.4) is 0 Å². The third kappa shape index (κ3) is 4.54. The van der Waals surface area contributed by atoms with Gasteiger partial charge < -0.3 is 5.11 Å². The molecule has 1 heterocycles. The van der Waals surface area contributed by atoms with Crippen molar-refractivity contribution in [1.29, 1.82) is 5.26 Å². The van der Waals surface area contributed by atoms with Gasteiger partial charge in [0.15, 0.2) is 9.84 Å². The first-order valence-electron chi connectivity index (χ1n) is 7.85. The molecule has 1 N–H and O–H groups in total. The lowest BCUT2D eigenvalue weighted by atomic mass is 9.81. The molecule has 1 aliphatic heterocycles. The Hall–Kier alpha value is -1.42. The first-order valence-corrected chi connectivity index (χ1v) is 9.50. The smallest absolute Gasteiger partial charge is 0.179 e. The number of aliphatic hydroxyl groups is 1. The second-order valence-corrected chi connectivity index (χ2v) is 9.07. The monoisotopic (exact) mass is 336 g/mol. The molecule has 1 fully saturated rings. The standard InChI is InChI=1S/C17H24N2O3S/c1-17(2)8-7-15(12-20)19(13-17)9-10-23(21,22)16-5-3-14(11-18)4-6-16/h3-6,15,20H,7-10,12-13H2,1-2H3/t15-/m1/s1. The van der Waals surface area contributed by atoms with Gasteiger partial charge >= 0.3 is 0 Å². The number of hydrogen-bond acceptors (Lipinski definition) is 5. The molecule has 1 aromatic carbocycles. The van der Waals surface area contributed by atoms with Gasteiger partial charge in [0, 0.05) is 19.1 Å². The average Bonchev–Trinajstić information content (AvgIpc) is 2.52. The highest BCUT2D eigenvalue weighted by Gasteiger charge is 2.33. The van der Waals surface area contributed by atoms with Crippen molar-refractivity contribution in [3.8, 4) is 6.07 Å². The van der Waals surface area contributed by atoms with Crippen LogP contribution in [0.2, 0.25) is 0 Å². The maximum Gasteiger partial charge on any atom is 0.179 e. The summed E-state index contributed by atoms with van der Waals surface area (Å²) < 4.78 is 24.9. The number of piperidine rings is 1. The zero-order valence-electron chi connectivity index (χ0n) is 13.7. The summed E-state index contributed by atoms with van der Waals surface area (Å²) in [5.74, 6) is 0.0193. The molecule has 6 heteroatoms. The summed E-state index contributed by atoms with van der Waals surface area (Å²) in [6, 6.07) is 8.03. The lowest BCUT2D eigenvalue weighted by Gasteiger charge is -2.43. The average molecular weight is 336 g/mol. The minimum Gasteiger partial charge on any atom is -0.395 e. The molecular weight excluding hydrogens is 312 g/mol. The van der Waals surface area contributed by atoms with E-state index in [1.54, 1.807) is 0 Å². The summed E-state index contributed by atoms with van der Waals surface area (Å²) in [5, 5.41) is 18.3. The predicted octanol–water partition coefficient (Wildman–Crippen LogP) is 1.81. The van der Waals surface area contributed by atoms with Crippen LogP contribution in [0.4, 0.5) is 0 Å². The Kier molecular flexibility index (Phi) is 5.45. The molecule has 2 rings (SSSR count). The molecule has 0 spiro atoms. The van der Waals surface area contributed by atoms with Crippen LogP contribution in [0.5, 0.6) is 0 Å². The molecule has 0 saturated carbocycles. The van der Waals surface area contributed by atoms with Gasteiger partial charge in [0.1, 0.15) is 0 Å². The van der Waals surface area contributed by atoms with Crippen molar-refractivity contribution < 1.29 is 13.5 Å². The Bertz CT molecular complexity index is 675. The van der Waals surface area contributed by atoms with E-state index in [0.29, 0.717) is 12.1 Å². The Morgan fingerprint density at radius 1 is 1.35 bits per heavy atom. The molecule has 126 valence electrons. The number of nitriles is 1. The predicted molar refractivity (Wildman–Crippen MR) is 88.7 cm³/mol. The van der Waals surface area contributed by atoms with Crippen LogP contribution >= 0.6 is 0 Å². The number of rotatable bonds is 5. The first kappa shape index (κ1) is 17.9. The molecule has 0 aromatic heterocycles. The Labute approximate surface area is 138 Å². The Balaban J connectivity index is 2.06. The van der Waals surface area contributed by atoms with Gasteiger partial charge in [0.05, 0.1) is 28.9 Å². The molecule has 0 bridgehead atoms. The number of nitrogens with zero attached hydrogens (tertiary/aromatic N) is 2. The fraction of sp³-hybridized carbons (Fsp3) is 0.588. The highest BCUT2D eigenvalue weighted by molar-refractivity contribution is 7.91. The summed E-state index contributed by atoms with van der Waals surface area (Å²) >= 11 is 0. The zero-order valence-corrected chi connectivity index (χ0v) is 14.5. The van der Waals surface area contributed by atoms with E-state index in [9.17, 15) is 13.5 Å². The van der Waals surface area contributed by atoms with E-state index in [0.717, 1.165) is 19.4 Å². The van der Waals surface area contributed by atoms with Crippen molar-refractivity contribution in [2.75, 3.05) is 25.4 Å². The van der Waals surface area contributed by atoms with Crippen LogP contribution in [-0.4, -0.2) is 49.9 Å². The summed E-state index contributed by atoms with van der Waals surface area (Å²) in [6.07, 6.45) is 1.93. The molecule has 0 aliphatic carbocycles. The third-order valence-corrected chi connectivity index (χ3v) is 6.21. The fourth-order valence-electron chi connectivity index (χ4n) is 3.06. The van der Waals surface area contributed by atoms with Crippen molar-refractivity contribution in [3.63, 3.8) is 0 Å². The quantitative estimate of drug-likeness (QED) is 0.887. The topological polar surface area (TPSA) is 81.4 Å². The summed E-state index contributed by atoms with van der Waals surface area (Å²) in [4.78, 5) is 2.33. The molecule has 0 unspecified atom stereocenters. The second-order valence-electron chi connectivity index (χ2n) is 6.96. The van der Waals surface area contributed by atoms with Gasteiger partial charge in [0.25, 0.3) is 0 Å². The maximum atomic E-state index is 12.5. The van der Waals surface area contributed by atoms with Crippen LogP contribution in [0, 0.1) is 16.7 Å². The Morgan fingerprint density at radius 2 is 2.00 bits per heavy atom. The van der Waals surface area contributed by atoms with E-state index in [2.05, 4.69) is 18.7 Å². The minimum absolute atomic E-state index is 0.0193. The lowest BCUT2D eigenvalue weighted by Crippen LogP contribution is -2.49. The van der Waals surface area contributed by atoms with Gasteiger partial charge in [-0.15, -0.1) is 0 Å². The van der Waals surface area contributed by atoms with E-state index in [1.807, 2.05) is 6.07 Å². The van der Waals surface area contributed by atoms with Gasteiger partial charge in [-0.2, -0.15) is 5.26 Å². The van der Waals surface area contributed by atoms with Crippen LogP contribution < -0.4 is 0 Å². The number of likely N-dealkylation sites (tertiary alicyclic amines) is 1. The van der Waals surface area contributed by atoms with Gasteiger partial charge in [-0.05, 0) is 42.5 Å². The van der Waals surface area contributed by atoms with Crippen LogP contribution in [0.1, 0.15) is 32.3 Å². The van der Waals surface area contributed by atoms with Crippen LogP contribution in [-0.2, 0) is 9.84 Å². The van der Waals surface area contributed by atoms with Crippen LogP contribution in [0.25, 0.3) is 0 Å². The molecule has 0 amide bonds. The molecule has 5 nitrogen and oxygen atoms in total. The van der Waals surface area contributed by atoms with Crippen molar-refractivity contribution in [2.24, 2.45) is 5.41 Å². The van der Waals surface area contributed by atoms with Gasteiger partial charge in [-0.3, -0.25) is 4.90 Å². The highest BCUT2D eigenvalue weighted by atomic mass is 32.2. The summed E-state index contributed by atoms with van der Waals surface area (Å²) in [6.45, 7) is 5.61. The van der Waals surface area contributed by atoms with Crippen molar-refractivity contribution in [3.05, 3.63) is 29.8 Å². The third-order valence-electron chi connectivity index (χ3n) is 4.50. The van der Waals surface area contributed by atoms with Gasteiger partial charge in [0.2, 0.25) is 0 Å². The van der Waals surface area contributed by atoms with E-state index in [-0.39, 0.29) is 28.7 Å². The lowest BCUT2D eigenvalue weighted by molar-refractivity contribution is 0.0364. The SMILES string of the molecule is CC1(C)CC[C@H](CO)N(CCS(=O)(=O)c2ccc(C#N)cc2)C1. The summed E-state index contributed by atoms with van der Waals surface area (Å²) in [5.41, 5.74) is 0.589. The molecule has 1 saturated heterocycles. The van der Waals surface area contributed by atoms with E-state index >= 15 is 0 Å². The van der Waals surface area contributed by atoms with Crippen molar-refractivity contribution >= 4 is 9.84 Å². The molecule has 23 heavy (non-hydrogen) atoms. The number of benzene rings is 1. The molecular formula is C17H24N2O3S. The molecule has 1 atom stereocenters. The minimum atomic E-state index is -3.39. The van der Waals surface area contributed by atoms with E-state index in [4.69, 9.17) is 5.26 Å². The summed E-state index contributed by atoms with van der Waals surface area (Å²) in [7, 11) is -3.39. The maximum absolute atomic E-state index is 12.5. The fourth-order valence-corrected chi connectivity index (χ4v) is 4.32. The second kappa shape index (κ2) is 7.00. The highest BCUT2D eigenvalue weighted by Crippen LogP contribution is 2.31. The van der Waals surface area contributed by atoms with E-state index < -0.39 is 9.84 Å². The first-order chi connectivity index (χ1) is 10.8. The molecule has 1 aliphatic rings. The largest absolute Gasteiger partial charge is 0.395 e. The number of sulfone groups is 1. The van der Waals surface area contributed by atoms with Gasteiger partial charge in [-0.1, -0.05) is 13.8 Å². The van der Waals surface area contributed by atoms with Crippen molar-refractivity contribution in [2.45, 2.75) is 37.6 Å². The number of hydrogen-bond donors (Lipinski definition) is 1. The van der Waals surface area contributed by atoms with Crippen LogP contribution in [0.15, 0.2) is 29.2 Å². The number of aliphatic hydroxyl groups excluding tert-OH is 1. The molecule has 0 radical (unpaired) electrons. The Morgan fingerprint density at radius 3 is 2.57 bits per heavy atom. The zero-order chi connectivity index (χ0) is 17.1. The molecule has 1 aromatic rings. The van der Waals surface area contributed by atoms with Gasteiger partial charge in [-0.25, -0.2) is 8.42 Å². The van der Waals surface area contributed by atoms with E-state index in [1.165, 1.54) is 24.3 Å². The normalized spacial score (nSPS) is 21.7. The van der Waals surface area contributed by atoms with Crippen molar-refractivity contribution in [1.82, 2.24) is 4.90 Å².